The average molecular weight is 181 g/mol. The minimum Gasteiger partial charge on any atom is -0.313 e. The molecule has 0 heterocycles. The van der Waals surface area contributed by atoms with Gasteiger partial charge in [0.15, 0.2) is 0 Å². The maximum Gasteiger partial charge on any atom is 0.0243 e. The maximum absolute atomic E-state index is 5.35. The molecule has 0 spiro atoms. The number of hydrogen-bond acceptors (Lipinski definition) is 1. The topological polar surface area (TPSA) is 12.0 Å². The lowest BCUT2D eigenvalue weighted by molar-refractivity contribution is 0.302. The zero-order chi connectivity index (χ0) is 10.3. The van der Waals surface area contributed by atoms with Crippen LogP contribution in [0.3, 0.4) is 0 Å². The van der Waals surface area contributed by atoms with Gasteiger partial charge in [-0.3, -0.25) is 0 Å². The second kappa shape index (κ2) is 6.97. The zero-order valence-corrected chi connectivity index (χ0v) is 9.43. The Bertz CT molecular complexity index is 155. The first-order valence-electron chi connectivity index (χ1n) is 5.30. The van der Waals surface area contributed by atoms with E-state index in [1.807, 2.05) is 0 Å². The van der Waals surface area contributed by atoms with Gasteiger partial charge in [0.25, 0.3) is 0 Å². The first-order valence-corrected chi connectivity index (χ1v) is 5.30. The van der Waals surface area contributed by atoms with Crippen molar-refractivity contribution in [2.24, 2.45) is 11.8 Å². The van der Waals surface area contributed by atoms with E-state index in [0.717, 1.165) is 13.0 Å². The van der Waals surface area contributed by atoms with Crippen LogP contribution in [0.25, 0.3) is 0 Å². The minimum atomic E-state index is 0.491. The Labute approximate surface area is 83.3 Å². The van der Waals surface area contributed by atoms with Crippen LogP contribution < -0.4 is 5.32 Å². The predicted molar refractivity (Wildman–Crippen MR) is 59.5 cm³/mol. The Morgan fingerprint density at radius 3 is 2.31 bits per heavy atom. The quantitative estimate of drug-likeness (QED) is 0.621. The molecular weight excluding hydrogens is 158 g/mol. The molecule has 0 aliphatic carbocycles. The third kappa shape index (κ3) is 4.95. The number of terminal acetylenes is 1. The fourth-order valence-corrected chi connectivity index (χ4v) is 1.37. The summed E-state index contributed by atoms with van der Waals surface area (Å²) in [4.78, 5) is 0. The molecule has 2 unspecified atom stereocenters. The molecule has 0 aromatic carbocycles. The summed E-state index contributed by atoms with van der Waals surface area (Å²) >= 11 is 0. The average Bonchev–Trinajstić information content (AvgIpc) is 2.11. The molecule has 76 valence electrons. The molecule has 0 saturated heterocycles. The molecule has 13 heavy (non-hydrogen) atoms. The first kappa shape index (κ1) is 12.5. The van der Waals surface area contributed by atoms with Gasteiger partial charge in [-0.25, -0.2) is 0 Å². The lowest BCUT2D eigenvalue weighted by Crippen LogP contribution is -2.37. The van der Waals surface area contributed by atoms with E-state index in [1.165, 1.54) is 6.42 Å². The van der Waals surface area contributed by atoms with E-state index in [4.69, 9.17) is 6.42 Å². The van der Waals surface area contributed by atoms with Gasteiger partial charge in [0.05, 0.1) is 0 Å². The molecular formula is C12H23N. The van der Waals surface area contributed by atoms with Crippen molar-refractivity contribution in [3.05, 3.63) is 0 Å². The highest BCUT2D eigenvalue weighted by atomic mass is 14.9. The van der Waals surface area contributed by atoms with E-state index in [0.29, 0.717) is 17.9 Å². The van der Waals surface area contributed by atoms with Crippen LogP contribution >= 0.6 is 0 Å². The number of nitrogens with one attached hydrogen (secondary N) is 1. The molecule has 0 bridgehead atoms. The van der Waals surface area contributed by atoms with E-state index >= 15 is 0 Å². The van der Waals surface area contributed by atoms with Crippen LogP contribution in [-0.2, 0) is 0 Å². The predicted octanol–water partition coefficient (Wildman–Crippen LogP) is 2.67. The Morgan fingerprint density at radius 1 is 1.31 bits per heavy atom. The third-order valence-corrected chi connectivity index (χ3v) is 2.68. The fourth-order valence-electron chi connectivity index (χ4n) is 1.37. The Morgan fingerprint density at radius 2 is 1.92 bits per heavy atom. The summed E-state index contributed by atoms with van der Waals surface area (Å²) in [6, 6.07) is 0.491. The van der Waals surface area contributed by atoms with Crippen LogP contribution in [-0.4, -0.2) is 12.6 Å². The summed E-state index contributed by atoms with van der Waals surface area (Å²) in [5.41, 5.74) is 0. The van der Waals surface area contributed by atoms with Crippen molar-refractivity contribution in [3.63, 3.8) is 0 Å². The Hall–Kier alpha value is -0.480. The minimum absolute atomic E-state index is 0.491. The molecule has 0 fully saturated rings. The van der Waals surface area contributed by atoms with E-state index in [2.05, 4.69) is 38.9 Å². The van der Waals surface area contributed by atoms with E-state index in [9.17, 15) is 0 Å². The summed E-state index contributed by atoms with van der Waals surface area (Å²) < 4.78 is 0. The van der Waals surface area contributed by atoms with Crippen molar-refractivity contribution in [1.82, 2.24) is 5.32 Å². The van der Waals surface area contributed by atoms with Crippen LogP contribution in [0.2, 0.25) is 0 Å². The second-order valence-electron chi connectivity index (χ2n) is 4.07. The van der Waals surface area contributed by atoms with Crippen LogP contribution in [0.15, 0.2) is 0 Å². The van der Waals surface area contributed by atoms with Gasteiger partial charge in [-0.1, -0.05) is 27.7 Å². The SMILES string of the molecule is C#CCC(NCCC)C(C)C(C)C. The zero-order valence-electron chi connectivity index (χ0n) is 9.43. The molecule has 0 amide bonds. The van der Waals surface area contributed by atoms with Crippen LogP contribution in [0.4, 0.5) is 0 Å². The van der Waals surface area contributed by atoms with Crippen LogP contribution in [0.5, 0.6) is 0 Å². The van der Waals surface area contributed by atoms with Crippen LogP contribution in [0, 0.1) is 24.2 Å². The van der Waals surface area contributed by atoms with Crippen molar-refractivity contribution in [2.75, 3.05) is 6.54 Å². The highest BCUT2D eigenvalue weighted by Gasteiger charge is 2.18. The van der Waals surface area contributed by atoms with Crippen molar-refractivity contribution >= 4 is 0 Å². The third-order valence-electron chi connectivity index (χ3n) is 2.68. The number of hydrogen-bond donors (Lipinski definition) is 1. The van der Waals surface area contributed by atoms with Crippen molar-refractivity contribution in [2.45, 2.75) is 46.6 Å². The van der Waals surface area contributed by atoms with E-state index in [1.54, 1.807) is 0 Å². The second-order valence-corrected chi connectivity index (χ2v) is 4.07. The molecule has 1 heteroatoms. The Kier molecular flexibility index (Phi) is 6.72. The monoisotopic (exact) mass is 181 g/mol. The van der Waals surface area contributed by atoms with Crippen molar-refractivity contribution in [3.8, 4) is 12.3 Å². The summed E-state index contributed by atoms with van der Waals surface area (Å²) in [5, 5.41) is 3.51. The summed E-state index contributed by atoms with van der Waals surface area (Å²) in [7, 11) is 0. The molecule has 0 aromatic rings. The highest BCUT2D eigenvalue weighted by Crippen LogP contribution is 2.16. The summed E-state index contributed by atoms with van der Waals surface area (Å²) in [6.07, 6.45) is 7.37. The number of rotatable bonds is 6. The van der Waals surface area contributed by atoms with Gasteiger partial charge in [-0.05, 0) is 24.8 Å². The van der Waals surface area contributed by atoms with Gasteiger partial charge in [-0.15, -0.1) is 12.3 Å². The van der Waals surface area contributed by atoms with Gasteiger partial charge in [0.2, 0.25) is 0 Å². The van der Waals surface area contributed by atoms with Gasteiger partial charge < -0.3 is 5.32 Å². The Balaban J connectivity index is 4.00. The van der Waals surface area contributed by atoms with Gasteiger partial charge in [0.1, 0.15) is 0 Å². The molecule has 0 rings (SSSR count). The molecule has 0 aromatic heterocycles. The maximum atomic E-state index is 5.35. The summed E-state index contributed by atoms with van der Waals surface area (Å²) in [5.74, 6) is 4.10. The van der Waals surface area contributed by atoms with Gasteiger partial charge in [0, 0.05) is 12.5 Å². The van der Waals surface area contributed by atoms with Crippen molar-refractivity contribution in [1.29, 1.82) is 0 Å². The largest absolute Gasteiger partial charge is 0.313 e. The van der Waals surface area contributed by atoms with Crippen LogP contribution in [0.1, 0.15) is 40.5 Å². The molecule has 0 aliphatic heterocycles. The standard InChI is InChI=1S/C12H23N/c1-6-8-12(13-9-7-2)11(5)10(3)4/h1,10-13H,7-9H2,2-5H3. The molecule has 0 aliphatic rings. The first-order chi connectivity index (χ1) is 6.13. The van der Waals surface area contributed by atoms with Gasteiger partial charge in [-0.2, -0.15) is 0 Å². The molecule has 0 saturated carbocycles. The molecule has 1 nitrogen and oxygen atoms in total. The molecule has 1 N–H and O–H groups in total. The van der Waals surface area contributed by atoms with E-state index in [-0.39, 0.29) is 0 Å². The fraction of sp³-hybridized carbons (Fsp3) is 0.833. The molecule has 2 atom stereocenters. The highest BCUT2D eigenvalue weighted by molar-refractivity contribution is 4.92. The lowest BCUT2D eigenvalue weighted by atomic mass is 9.88. The molecule has 0 radical (unpaired) electrons. The van der Waals surface area contributed by atoms with E-state index < -0.39 is 0 Å². The van der Waals surface area contributed by atoms with Crippen molar-refractivity contribution < 1.29 is 0 Å². The summed E-state index contributed by atoms with van der Waals surface area (Å²) in [6.45, 7) is 10.0. The van der Waals surface area contributed by atoms with Gasteiger partial charge >= 0.3 is 0 Å². The smallest absolute Gasteiger partial charge is 0.0243 e. The lowest BCUT2D eigenvalue weighted by Gasteiger charge is -2.26. The normalized spacial score (nSPS) is 15.4.